The first-order valence-electron chi connectivity index (χ1n) is 9.72. The Labute approximate surface area is 168 Å². The van der Waals surface area contributed by atoms with Gasteiger partial charge >= 0.3 is 0 Å². The number of carbonyl (C=O) groups excluding carboxylic acids is 2. The van der Waals surface area contributed by atoms with Crippen LogP contribution in [0.5, 0.6) is 0 Å². The van der Waals surface area contributed by atoms with Gasteiger partial charge in [0.25, 0.3) is 0 Å². The summed E-state index contributed by atoms with van der Waals surface area (Å²) >= 11 is 0. The van der Waals surface area contributed by atoms with Crippen LogP contribution in [-0.4, -0.2) is 80.3 Å². The molecule has 0 N–H and O–H groups in total. The Morgan fingerprint density at radius 3 is 2.45 bits per heavy atom. The number of halogens is 2. The van der Waals surface area contributed by atoms with Crippen molar-refractivity contribution in [3.8, 4) is 0 Å². The Morgan fingerprint density at radius 1 is 1.10 bits per heavy atom. The number of hydrogen-bond acceptors (Lipinski definition) is 5. The molecule has 2 atom stereocenters. The highest BCUT2D eigenvalue weighted by Crippen LogP contribution is 2.29. The van der Waals surface area contributed by atoms with E-state index in [1.165, 1.54) is 11.0 Å². The fraction of sp³-hybridized carbons (Fsp3) is 0.579. The molecule has 7 nitrogen and oxygen atoms in total. The smallest absolute Gasteiger partial charge is 0.228 e. The van der Waals surface area contributed by atoms with E-state index in [1.54, 1.807) is 4.90 Å². The van der Waals surface area contributed by atoms with Crippen molar-refractivity contribution < 1.29 is 26.8 Å². The van der Waals surface area contributed by atoms with Gasteiger partial charge in [0, 0.05) is 51.3 Å². The summed E-state index contributed by atoms with van der Waals surface area (Å²) in [6, 6.07) is 3.04. The third kappa shape index (κ3) is 4.13. The van der Waals surface area contributed by atoms with Gasteiger partial charge < -0.3 is 9.80 Å². The third-order valence-corrected chi connectivity index (χ3v) is 7.78. The number of amides is 2. The number of nitrogens with zero attached hydrogens (tertiary/aromatic N) is 3. The molecule has 1 aromatic carbocycles. The summed E-state index contributed by atoms with van der Waals surface area (Å²) in [6.07, 6.45) is 0.627. The zero-order valence-corrected chi connectivity index (χ0v) is 16.7. The average molecular weight is 427 g/mol. The average Bonchev–Trinajstić information content (AvgIpc) is 3.24. The number of sulfone groups is 1. The summed E-state index contributed by atoms with van der Waals surface area (Å²) in [5, 5.41) is 0. The second kappa shape index (κ2) is 7.64. The fourth-order valence-corrected chi connectivity index (χ4v) is 6.20. The normalized spacial score (nSPS) is 27.6. The van der Waals surface area contributed by atoms with Crippen LogP contribution in [0.2, 0.25) is 0 Å². The lowest BCUT2D eigenvalue weighted by Crippen LogP contribution is -2.53. The first kappa shape index (κ1) is 20.2. The highest BCUT2D eigenvalue weighted by Gasteiger charge is 2.40. The number of rotatable bonds is 3. The summed E-state index contributed by atoms with van der Waals surface area (Å²) < 4.78 is 50.5. The van der Waals surface area contributed by atoms with Crippen LogP contribution in [-0.2, 0) is 19.4 Å². The van der Waals surface area contributed by atoms with Crippen molar-refractivity contribution in [2.45, 2.75) is 18.9 Å². The molecule has 0 aliphatic carbocycles. The maximum atomic E-state index is 14.0. The van der Waals surface area contributed by atoms with Gasteiger partial charge in [-0.05, 0) is 18.6 Å². The molecule has 3 fully saturated rings. The molecule has 0 aromatic heterocycles. The van der Waals surface area contributed by atoms with E-state index in [0.29, 0.717) is 32.6 Å². The number of anilines is 1. The minimum Gasteiger partial charge on any atom is -0.340 e. The first-order valence-corrected chi connectivity index (χ1v) is 11.5. The highest BCUT2D eigenvalue weighted by molar-refractivity contribution is 7.91. The molecule has 0 radical (unpaired) electrons. The van der Waals surface area contributed by atoms with E-state index in [9.17, 15) is 26.8 Å². The van der Waals surface area contributed by atoms with Crippen LogP contribution < -0.4 is 4.90 Å². The number of piperazine rings is 1. The number of hydrogen-bond donors (Lipinski definition) is 0. The van der Waals surface area contributed by atoms with E-state index >= 15 is 0 Å². The Bertz CT molecular complexity index is 931. The molecule has 3 heterocycles. The quantitative estimate of drug-likeness (QED) is 0.708. The lowest BCUT2D eigenvalue weighted by atomic mass is 10.1. The summed E-state index contributed by atoms with van der Waals surface area (Å²) in [7, 11) is -2.95. The summed E-state index contributed by atoms with van der Waals surface area (Å²) in [4.78, 5) is 30.2. The molecule has 1 aromatic rings. The third-order valence-electron chi connectivity index (χ3n) is 6.03. The Kier molecular flexibility index (Phi) is 5.32. The van der Waals surface area contributed by atoms with Crippen LogP contribution in [0.4, 0.5) is 14.5 Å². The van der Waals surface area contributed by atoms with E-state index in [4.69, 9.17) is 0 Å². The van der Waals surface area contributed by atoms with Crippen LogP contribution in [0, 0.1) is 17.6 Å². The van der Waals surface area contributed by atoms with Crippen molar-refractivity contribution in [3.63, 3.8) is 0 Å². The minimum absolute atomic E-state index is 0.00324. The predicted molar refractivity (Wildman–Crippen MR) is 102 cm³/mol. The van der Waals surface area contributed by atoms with Crippen LogP contribution in [0.3, 0.4) is 0 Å². The summed E-state index contributed by atoms with van der Waals surface area (Å²) in [5.74, 6) is -2.23. The molecule has 3 saturated heterocycles. The van der Waals surface area contributed by atoms with Crippen molar-refractivity contribution in [1.29, 1.82) is 0 Å². The van der Waals surface area contributed by atoms with Gasteiger partial charge in [-0.1, -0.05) is 0 Å². The Balaban J connectivity index is 1.35. The second-order valence-electron chi connectivity index (χ2n) is 7.92. The molecule has 0 bridgehead atoms. The molecular weight excluding hydrogens is 404 g/mol. The molecular formula is C19H23F2N3O4S. The van der Waals surface area contributed by atoms with E-state index in [1.807, 2.05) is 0 Å². The van der Waals surface area contributed by atoms with Crippen molar-refractivity contribution in [1.82, 2.24) is 9.80 Å². The largest absolute Gasteiger partial charge is 0.340 e. The first-order chi connectivity index (χ1) is 13.7. The zero-order valence-electron chi connectivity index (χ0n) is 15.9. The highest BCUT2D eigenvalue weighted by atomic mass is 32.2. The number of benzene rings is 1. The molecule has 2 amide bonds. The summed E-state index contributed by atoms with van der Waals surface area (Å²) in [6.45, 7) is 2.23. The molecule has 29 heavy (non-hydrogen) atoms. The standard InChI is InChI=1S/C19H23F2N3O4S/c20-14-1-2-17(16(21)10-14)24-11-13(9-18(24)25)19(26)23-6-4-22(5-7-23)15-3-8-29(27,28)12-15/h1-2,10,13,15H,3-9,11-12H2. The molecule has 3 aliphatic rings. The van der Waals surface area contributed by atoms with Gasteiger partial charge in [0.15, 0.2) is 9.84 Å². The SMILES string of the molecule is O=C(C1CC(=O)N(c2ccc(F)cc2F)C1)N1CCN(C2CCS(=O)(=O)C2)CC1. The van der Waals surface area contributed by atoms with Crippen molar-refractivity contribution >= 4 is 27.3 Å². The van der Waals surface area contributed by atoms with Gasteiger partial charge in [-0.2, -0.15) is 0 Å². The molecule has 10 heteroatoms. The van der Waals surface area contributed by atoms with Crippen LogP contribution >= 0.6 is 0 Å². The molecule has 4 rings (SSSR count). The Hall–Kier alpha value is -2.07. The van der Waals surface area contributed by atoms with E-state index in [0.717, 1.165) is 12.1 Å². The molecule has 2 unspecified atom stereocenters. The van der Waals surface area contributed by atoms with Gasteiger partial charge in [-0.3, -0.25) is 14.5 Å². The maximum Gasteiger partial charge on any atom is 0.228 e. The number of carbonyl (C=O) groups is 2. The van der Waals surface area contributed by atoms with Gasteiger partial charge in [0.1, 0.15) is 11.6 Å². The van der Waals surface area contributed by atoms with E-state index < -0.39 is 27.4 Å². The molecule has 0 saturated carbocycles. The molecule has 158 valence electrons. The second-order valence-corrected chi connectivity index (χ2v) is 10.1. The zero-order chi connectivity index (χ0) is 20.8. The van der Waals surface area contributed by atoms with Crippen molar-refractivity contribution in [2.75, 3.05) is 49.1 Å². The van der Waals surface area contributed by atoms with Gasteiger partial charge in [0.05, 0.1) is 23.1 Å². The monoisotopic (exact) mass is 427 g/mol. The molecule has 3 aliphatic heterocycles. The lowest BCUT2D eigenvalue weighted by molar-refractivity contribution is -0.137. The van der Waals surface area contributed by atoms with Crippen molar-refractivity contribution in [3.05, 3.63) is 29.8 Å². The van der Waals surface area contributed by atoms with Crippen molar-refractivity contribution in [2.24, 2.45) is 5.92 Å². The Morgan fingerprint density at radius 2 is 1.83 bits per heavy atom. The van der Waals surface area contributed by atoms with Gasteiger partial charge in [-0.25, -0.2) is 17.2 Å². The predicted octanol–water partition coefficient (Wildman–Crippen LogP) is 0.649. The van der Waals surface area contributed by atoms with Crippen LogP contribution in [0.1, 0.15) is 12.8 Å². The van der Waals surface area contributed by atoms with E-state index in [-0.39, 0.29) is 48.0 Å². The van der Waals surface area contributed by atoms with Crippen LogP contribution in [0.15, 0.2) is 18.2 Å². The maximum absolute atomic E-state index is 14.0. The molecule has 0 spiro atoms. The lowest BCUT2D eigenvalue weighted by Gasteiger charge is -2.38. The minimum atomic E-state index is -2.95. The fourth-order valence-electron chi connectivity index (χ4n) is 4.44. The van der Waals surface area contributed by atoms with Crippen LogP contribution in [0.25, 0.3) is 0 Å². The topological polar surface area (TPSA) is 78.0 Å². The van der Waals surface area contributed by atoms with Gasteiger partial charge in [-0.15, -0.1) is 0 Å². The summed E-state index contributed by atoms with van der Waals surface area (Å²) in [5.41, 5.74) is -0.0148. The van der Waals surface area contributed by atoms with Gasteiger partial charge in [0.2, 0.25) is 11.8 Å². The van der Waals surface area contributed by atoms with E-state index in [2.05, 4.69) is 4.90 Å².